The number of hydrogen-bond donors (Lipinski definition) is 1. The van der Waals surface area contributed by atoms with Crippen LogP contribution in [-0.4, -0.2) is 0 Å². The summed E-state index contributed by atoms with van der Waals surface area (Å²) in [4.78, 5) is 0. The first-order valence-corrected chi connectivity index (χ1v) is 8.00. The van der Waals surface area contributed by atoms with E-state index in [-0.39, 0.29) is 6.04 Å². The van der Waals surface area contributed by atoms with Crippen molar-refractivity contribution in [1.29, 1.82) is 0 Å². The summed E-state index contributed by atoms with van der Waals surface area (Å²) in [6, 6.07) is 0.235. The largest absolute Gasteiger partial charge is 0.324 e. The first-order valence-electron chi connectivity index (χ1n) is 6.26. The van der Waals surface area contributed by atoms with Gasteiger partial charge in [-0.05, 0) is 45.6 Å². The standard InChI is InChI=1S/C13H20BrNS/c14-12-9-16-8-11(12)13(15)10-6-4-2-1-3-5-7-10/h8-10,13H,1-7,15H2. The molecule has 1 nitrogen and oxygen atoms in total. The van der Waals surface area contributed by atoms with Gasteiger partial charge in [-0.1, -0.05) is 32.1 Å². The van der Waals surface area contributed by atoms with Crippen LogP contribution in [0, 0.1) is 5.92 Å². The Hall–Kier alpha value is 0.140. The lowest BCUT2D eigenvalue weighted by atomic mass is 9.84. The maximum absolute atomic E-state index is 6.41. The van der Waals surface area contributed by atoms with E-state index in [1.165, 1.54) is 55.0 Å². The first kappa shape index (κ1) is 12.6. The van der Waals surface area contributed by atoms with Gasteiger partial charge in [-0.3, -0.25) is 0 Å². The van der Waals surface area contributed by atoms with Crippen LogP contribution in [0.25, 0.3) is 0 Å². The molecule has 2 N–H and O–H groups in total. The molecule has 0 aliphatic heterocycles. The van der Waals surface area contributed by atoms with Crippen LogP contribution in [0.2, 0.25) is 0 Å². The zero-order valence-corrected chi connectivity index (χ0v) is 12.0. The molecule has 1 atom stereocenters. The zero-order valence-electron chi connectivity index (χ0n) is 9.62. The lowest BCUT2D eigenvalue weighted by molar-refractivity contribution is 0.327. The Morgan fingerprint density at radius 2 is 1.75 bits per heavy atom. The second-order valence-electron chi connectivity index (χ2n) is 4.81. The summed E-state index contributed by atoms with van der Waals surface area (Å²) in [7, 11) is 0. The van der Waals surface area contributed by atoms with Crippen LogP contribution < -0.4 is 5.73 Å². The van der Waals surface area contributed by atoms with Gasteiger partial charge in [-0.25, -0.2) is 0 Å². The fourth-order valence-electron chi connectivity index (χ4n) is 2.63. The molecule has 1 heterocycles. The van der Waals surface area contributed by atoms with E-state index in [4.69, 9.17) is 5.73 Å². The Kier molecular flexibility index (Phi) is 4.86. The molecule has 1 unspecified atom stereocenters. The molecule has 1 aromatic heterocycles. The Balaban J connectivity index is 2.02. The SMILES string of the molecule is NC(c1cscc1Br)C1CCCCCCC1. The fourth-order valence-corrected chi connectivity index (χ4v) is 4.24. The molecule has 1 aliphatic carbocycles. The van der Waals surface area contributed by atoms with Crippen molar-refractivity contribution >= 4 is 27.3 Å². The smallest absolute Gasteiger partial charge is 0.0343 e. The second kappa shape index (κ2) is 6.18. The molecule has 3 heteroatoms. The van der Waals surface area contributed by atoms with Crippen molar-refractivity contribution in [2.45, 2.75) is 51.0 Å². The van der Waals surface area contributed by atoms with E-state index in [9.17, 15) is 0 Å². The van der Waals surface area contributed by atoms with Gasteiger partial charge in [0.25, 0.3) is 0 Å². The maximum Gasteiger partial charge on any atom is 0.0343 e. The van der Waals surface area contributed by atoms with Gasteiger partial charge in [0.05, 0.1) is 0 Å². The van der Waals surface area contributed by atoms with Crippen molar-refractivity contribution < 1.29 is 0 Å². The Morgan fingerprint density at radius 3 is 2.31 bits per heavy atom. The topological polar surface area (TPSA) is 26.0 Å². The first-order chi connectivity index (χ1) is 7.79. The highest BCUT2D eigenvalue weighted by Crippen LogP contribution is 2.35. The van der Waals surface area contributed by atoms with Crippen LogP contribution in [0.5, 0.6) is 0 Å². The summed E-state index contributed by atoms with van der Waals surface area (Å²) in [6.45, 7) is 0. The highest BCUT2D eigenvalue weighted by atomic mass is 79.9. The van der Waals surface area contributed by atoms with Crippen LogP contribution in [-0.2, 0) is 0 Å². The Bertz CT molecular complexity index is 315. The average Bonchev–Trinajstić information content (AvgIpc) is 2.63. The van der Waals surface area contributed by atoms with Gasteiger partial charge in [0.1, 0.15) is 0 Å². The average molecular weight is 302 g/mol. The monoisotopic (exact) mass is 301 g/mol. The molecular weight excluding hydrogens is 282 g/mol. The van der Waals surface area contributed by atoms with Gasteiger partial charge >= 0.3 is 0 Å². The minimum atomic E-state index is 0.235. The molecule has 1 fully saturated rings. The molecule has 0 radical (unpaired) electrons. The minimum absolute atomic E-state index is 0.235. The van der Waals surface area contributed by atoms with E-state index in [0.717, 1.165) is 0 Å². The normalized spacial score (nSPS) is 21.4. The number of rotatable bonds is 2. The lowest BCUT2D eigenvalue weighted by Gasteiger charge is -2.25. The number of nitrogens with two attached hydrogens (primary N) is 1. The van der Waals surface area contributed by atoms with Crippen molar-refractivity contribution in [3.63, 3.8) is 0 Å². The van der Waals surface area contributed by atoms with Crippen LogP contribution in [0.15, 0.2) is 15.2 Å². The van der Waals surface area contributed by atoms with Crippen LogP contribution in [0.1, 0.15) is 56.6 Å². The van der Waals surface area contributed by atoms with Gasteiger partial charge in [0, 0.05) is 15.9 Å². The summed E-state index contributed by atoms with van der Waals surface area (Å²) in [5.74, 6) is 0.686. The molecule has 90 valence electrons. The van der Waals surface area contributed by atoms with Gasteiger partial charge in [0.15, 0.2) is 0 Å². The molecule has 0 aromatic carbocycles. The van der Waals surface area contributed by atoms with Crippen LogP contribution >= 0.6 is 27.3 Å². The van der Waals surface area contributed by atoms with Crippen molar-refractivity contribution in [2.24, 2.45) is 11.7 Å². The summed E-state index contributed by atoms with van der Waals surface area (Å²) in [5, 5.41) is 4.34. The fraction of sp³-hybridized carbons (Fsp3) is 0.692. The van der Waals surface area contributed by atoms with Crippen LogP contribution in [0.3, 0.4) is 0 Å². The van der Waals surface area contributed by atoms with Crippen molar-refractivity contribution in [2.75, 3.05) is 0 Å². The second-order valence-corrected chi connectivity index (χ2v) is 6.40. The lowest BCUT2D eigenvalue weighted by Crippen LogP contribution is -2.22. The molecule has 0 amide bonds. The van der Waals surface area contributed by atoms with Crippen molar-refractivity contribution in [3.05, 3.63) is 20.8 Å². The predicted octanol–water partition coefficient (Wildman–Crippen LogP) is 4.87. The van der Waals surface area contributed by atoms with Gasteiger partial charge in [-0.2, -0.15) is 11.3 Å². The molecule has 2 rings (SSSR count). The number of thiophene rings is 1. The van der Waals surface area contributed by atoms with Gasteiger partial charge in [-0.15, -0.1) is 0 Å². The van der Waals surface area contributed by atoms with Crippen molar-refractivity contribution in [1.82, 2.24) is 0 Å². The molecule has 1 aromatic rings. The minimum Gasteiger partial charge on any atom is -0.324 e. The molecule has 0 spiro atoms. The highest BCUT2D eigenvalue weighted by molar-refractivity contribution is 9.10. The number of hydrogen-bond acceptors (Lipinski definition) is 2. The maximum atomic E-state index is 6.41. The highest BCUT2D eigenvalue weighted by Gasteiger charge is 2.22. The van der Waals surface area contributed by atoms with Crippen LogP contribution in [0.4, 0.5) is 0 Å². The zero-order chi connectivity index (χ0) is 11.4. The Morgan fingerprint density at radius 1 is 1.12 bits per heavy atom. The van der Waals surface area contributed by atoms with E-state index in [1.54, 1.807) is 11.3 Å². The van der Waals surface area contributed by atoms with Gasteiger partial charge < -0.3 is 5.73 Å². The van der Waals surface area contributed by atoms with E-state index in [0.29, 0.717) is 5.92 Å². The summed E-state index contributed by atoms with van der Waals surface area (Å²) in [5.41, 5.74) is 7.73. The van der Waals surface area contributed by atoms with E-state index < -0.39 is 0 Å². The summed E-state index contributed by atoms with van der Waals surface area (Å²) in [6.07, 6.45) is 9.55. The summed E-state index contributed by atoms with van der Waals surface area (Å²) >= 11 is 5.34. The third-order valence-electron chi connectivity index (χ3n) is 3.66. The molecule has 16 heavy (non-hydrogen) atoms. The quantitative estimate of drug-likeness (QED) is 0.828. The number of halogens is 1. The van der Waals surface area contributed by atoms with E-state index >= 15 is 0 Å². The van der Waals surface area contributed by atoms with E-state index in [1.807, 2.05) is 0 Å². The Labute approximate surface area is 111 Å². The van der Waals surface area contributed by atoms with Crippen molar-refractivity contribution in [3.8, 4) is 0 Å². The van der Waals surface area contributed by atoms with Gasteiger partial charge in [0.2, 0.25) is 0 Å². The molecule has 1 saturated carbocycles. The predicted molar refractivity (Wildman–Crippen MR) is 74.8 cm³/mol. The third-order valence-corrected chi connectivity index (χ3v) is 5.41. The molecule has 0 bridgehead atoms. The van der Waals surface area contributed by atoms with E-state index in [2.05, 4.69) is 26.7 Å². The molecular formula is C13H20BrNS. The third kappa shape index (κ3) is 3.08. The summed E-state index contributed by atoms with van der Waals surface area (Å²) < 4.78 is 1.20. The molecule has 0 saturated heterocycles. The molecule has 1 aliphatic rings.